The normalized spacial score (nSPS) is 17.4. The summed E-state index contributed by atoms with van der Waals surface area (Å²) >= 11 is 0. The molecule has 1 amide bonds. The maximum absolute atomic E-state index is 11.8. The Morgan fingerprint density at radius 3 is 2.48 bits per heavy atom. The fourth-order valence-corrected chi connectivity index (χ4v) is 3.83. The van der Waals surface area contributed by atoms with Gasteiger partial charge in [0.2, 0.25) is 5.91 Å². The van der Waals surface area contributed by atoms with Gasteiger partial charge >= 0.3 is 0 Å². The first-order chi connectivity index (χ1) is 11.6. The molecule has 0 saturated heterocycles. The molecule has 2 aliphatic carbocycles. The van der Waals surface area contributed by atoms with Crippen LogP contribution < -0.4 is 5.73 Å². The Hall–Kier alpha value is -2.35. The predicted octanol–water partition coefficient (Wildman–Crippen LogP) is 5.09. The van der Waals surface area contributed by atoms with Crippen LogP contribution in [-0.4, -0.2) is 5.91 Å². The van der Waals surface area contributed by atoms with E-state index < -0.39 is 0 Å². The van der Waals surface area contributed by atoms with Gasteiger partial charge in [-0.15, -0.1) is 0 Å². The summed E-state index contributed by atoms with van der Waals surface area (Å²) in [5, 5.41) is 0. The monoisotopic (exact) mass is 333 g/mol. The Bertz CT molecular complexity index is 885. The molecule has 3 rings (SSSR count). The average Bonchev–Trinajstić information content (AvgIpc) is 2.86. The molecule has 1 aromatic rings. The fraction of sp³-hybridized carbons (Fsp3) is 0.348. The van der Waals surface area contributed by atoms with Crippen molar-refractivity contribution >= 4 is 17.6 Å². The molecule has 0 bridgehead atoms. The second-order valence-electron chi connectivity index (χ2n) is 8.30. The van der Waals surface area contributed by atoms with Crippen molar-refractivity contribution in [1.29, 1.82) is 0 Å². The van der Waals surface area contributed by atoms with Gasteiger partial charge in [-0.1, -0.05) is 57.2 Å². The largest absolute Gasteiger partial charge is 0.366 e. The molecule has 0 heterocycles. The SMILES string of the molecule is C=C1CC=C(C(N)=O)C(C)=C1c1cc(C(C)(C)C)cc2c1CC(C)=C2. The molecule has 2 nitrogen and oxygen atoms in total. The highest BCUT2D eigenvalue weighted by molar-refractivity contribution is 6.03. The third-order valence-electron chi connectivity index (χ3n) is 5.23. The van der Waals surface area contributed by atoms with Gasteiger partial charge in [0.15, 0.2) is 0 Å². The van der Waals surface area contributed by atoms with E-state index >= 15 is 0 Å². The van der Waals surface area contributed by atoms with Gasteiger partial charge in [-0.2, -0.15) is 0 Å². The molecule has 0 atom stereocenters. The summed E-state index contributed by atoms with van der Waals surface area (Å²) < 4.78 is 0. The summed E-state index contributed by atoms with van der Waals surface area (Å²) in [5.41, 5.74) is 15.9. The van der Waals surface area contributed by atoms with Crippen LogP contribution in [0.1, 0.15) is 63.3 Å². The van der Waals surface area contributed by atoms with E-state index in [2.05, 4.69) is 52.5 Å². The van der Waals surface area contributed by atoms with E-state index in [1.807, 2.05) is 13.0 Å². The lowest BCUT2D eigenvalue weighted by molar-refractivity contribution is -0.114. The van der Waals surface area contributed by atoms with Crippen LogP contribution in [0.3, 0.4) is 0 Å². The average molecular weight is 333 g/mol. The van der Waals surface area contributed by atoms with E-state index in [4.69, 9.17) is 5.73 Å². The van der Waals surface area contributed by atoms with Crippen molar-refractivity contribution in [2.24, 2.45) is 5.73 Å². The zero-order valence-electron chi connectivity index (χ0n) is 15.9. The minimum Gasteiger partial charge on any atom is -0.366 e. The van der Waals surface area contributed by atoms with Crippen molar-refractivity contribution in [3.63, 3.8) is 0 Å². The highest BCUT2D eigenvalue weighted by atomic mass is 16.1. The van der Waals surface area contributed by atoms with Crippen LogP contribution in [0.2, 0.25) is 0 Å². The van der Waals surface area contributed by atoms with Crippen molar-refractivity contribution in [2.75, 3.05) is 0 Å². The number of hydrogen-bond donors (Lipinski definition) is 1. The highest BCUT2D eigenvalue weighted by Gasteiger charge is 2.26. The summed E-state index contributed by atoms with van der Waals surface area (Å²) in [7, 11) is 0. The van der Waals surface area contributed by atoms with E-state index in [1.165, 1.54) is 27.8 Å². The first-order valence-corrected chi connectivity index (χ1v) is 8.84. The molecule has 2 aliphatic rings. The van der Waals surface area contributed by atoms with E-state index in [1.54, 1.807) is 0 Å². The summed E-state index contributed by atoms with van der Waals surface area (Å²) in [6.45, 7) is 15.1. The zero-order chi connectivity index (χ0) is 18.5. The second-order valence-corrected chi connectivity index (χ2v) is 8.30. The number of benzene rings is 1. The van der Waals surface area contributed by atoms with Crippen LogP contribution in [0.5, 0.6) is 0 Å². The standard InChI is InChI=1S/C23H27NO/c1-13-9-16-11-17(23(4,5)6)12-20(19(16)10-13)21-14(2)7-8-18(15(21)3)22(24)25/h8-9,11-12H,2,7,10H2,1,3-6H3,(H2,24,25). The van der Waals surface area contributed by atoms with Gasteiger partial charge in [0, 0.05) is 5.57 Å². The molecule has 0 unspecified atom stereocenters. The summed E-state index contributed by atoms with van der Waals surface area (Å²) in [6, 6.07) is 4.60. The van der Waals surface area contributed by atoms with Gasteiger partial charge in [0.1, 0.15) is 0 Å². The molecule has 0 spiro atoms. The molecule has 0 radical (unpaired) electrons. The van der Waals surface area contributed by atoms with Crippen molar-refractivity contribution in [3.8, 4) is 0 Å². The number of allylic oxidation sites excluding steroid dienone is 4. The van der Waals surface area contributed by atoms with Gasteiger partial charge in [-0.05, 0) is 71.1 Å². The molecule has 0 aromatic heterocycles. The summed E-state index contributed by atoms with van der Waals surface area (Å²) in [4.78, 5) is 11.8. The number of amides is 1. The summed E-state index contributed by atoms with van der Waals surface area (Å²) in [5.74, 6) is -0.361. The minimum absolute atomic E-state index is 0.0565. The van der Waals surface area contributed by atoms with E-state index in [0.29, 0.717) is 12.0 Å². The van der Waals surface area contributed by atoms with Crippen LogP contribution in [0.25, 0.3) is 11.6 Å². The third-order valence-corrected chi connectivity index (χ3v) is 5.23. The molecule has 0 aliphatic heterocycles. The Balaban J connectivity index is 2.29. The number of fused-ring (bicyclic) bond motifs is 1. The van der Waals surface area contributed by atoms with Gasteiger partial charge in [-0.25, -0.2) is 0 Å². The molecule has 130 valence electrons. The molecular weight excluding hydrogens is 306 g/mol. The molecule has 2 N–H and O–H groups in total. The van der Waals surface area contributed by atoms with Crippen LogP contribution in [0, 0.1) is 0 Å². The molecule has 2 heteroatoms. The van der Waals surface area contributed by atoms with Gasteiger partial charge in [0.25, 0.3) is 0 Å². The lowest BCUT2D eigenvalue weighted by atomic mass is 9.78. The maximum atomic E-state index is 11.8. The number of primary amides is 1. The Morgan fingerprint density at radius 1 is 1.20 bits per heavy atom. The van der Waals surface area contributed by atoms with Gasteiger partial charge in [-0.3, -0.25) is 4.79 Å². The molecule has 0 fully saturated rings. The summed E-state index contributed by atoms with van der Waals surface area (Å²) in [6.07, 6.45) is 5.81. The molecule has 25 heavy (non-hydrogen) atoms. The Kier molecular flexibility index (Phi) is 4.10. The van der Waals surface area contributed by atoms with Crippen LogP contribution >= 0.6 is 0 Å². The predicted molar refractivity (Wildman–Crippen MR) is 106 cm³/mol. The fourth-order valence-electron chi connectivity index (χ4n) is 3.83. The smallest absolute Gasteiger partial charge is 0.248 e. The van der Waals surface area contributed by atoms with Crippen LogP contribution in [0.4, 0.5) is 0 Å². The van der Waals surface area contributed by atoms with Crippen molar-refractivity contribution < 1.29 is 4.79 Å². The topological polar surface area (TPSA) is 43.1 Å². The maximum Gasteiger partial charge on any atom is 0.248 e. The van der Waals surface area contributed by atoms with Gasteiger partial charge in [0.05, 0.1) is 0 Å². The number of carbonyl (C=O) groups is 1. The van der Waals surface area contributed by atoms with Crippen LogP contribution in [0.15, 0.2) is 47.1 Å². The number of carbonyl (C=O) groups excluding carboxylic acids is 1. The van der Waals surface area contributed by atoms with Crippen molar-refractivity contribution in [2.45, 2.75) is 52.9 Å². The quantitative estimate of drug-likeness (QED) is 0.805. The molecule has 0 saturated carbocycles. The zero-order valence-corrected chi connectivity index (χ0v) is 15.9. The Morgan fingerprint density at radius 2 is 1.88 bits per heavy atom. The van der Waals surface area contributed by atoms with E-state index in [0.717, 1.165) is 23.1 Å². The Labute approximate surface area is 150 Å². The first kappa shape index (κ1) is 17.5. The first-order valence-electron chi connectivity index (χ1n) is 8.84. The van der Waals surface area contributed by atoms with Crippen molar-refractivity contribution in [1.82, 2.24) is 0 Å². The van der Waals surface area contributed by atoms with Crippen molar-refractivity contribution in [3.05, 3.63) is 69.3 Å². The second kappa shape index (κ2) is 5.87. The number of rotatable bonds is 2. The van der Waals surface area contributed by atoms with E-state index in [9.17, 15) is 4.79 Å². The lowest BCUT2D eigenvalue weighted by Crippen LogP contribution is -2.18. The third kappa shape index (κ3) is 3.02. The van der Waals surface area contributed by atoms with Crippen LogP contribution in [-0.2, 0) is 16.6 Å². The van der Waals surface area contributed by atoms with Gasteiger partial charge < -0.3 is 5.73 Å². The minimum atomic E-state index is -0.361. The molecule has 1 aromatic carbocycles. The number of nitrogens with two attached hydrogens (primary N) is 1. The highest BCUT2D eigenvalue weighted by Crippen LogP contribution is 2.42. The lowest BCUT2D eigenvalue weighted by Gasteiger charge is -2.26. The number of hydrogen-bond acceptors (Lipinski definition) is 1. The van der Waals surface area contributed by atoms with E-state index in [-0.39, 0.29) is 11.3 Å². The molecular formula is C23H27NO.